The highest BCUT2D eigenvalue weighted by Gasteiger charge is 2.14. The minimum absolute atomic E-state index is 0.240. The Morgan fingerprint density at radius 1 is 1.38 bits per heavy atom. The molecule has 1 nitrogen and oxygen atoms in total. The Bertz CT molecular complexity index is 350. The summed E-state index contributed by atoms with van der Waals surface area (Å²) >= 11 is 5.97. The lowest BCUT2D eigenvalue weighted by Crippen LogP contribution is -2.28. The van der Waals surface area contributed by atoms with E-state index in [1.54, 1.807) is 6.07 Å². The molecular weight excluding hydrogens is 225 g/mol. The summed E-state index contributed by atoms with van der Waals surface area (Å²) in [7, 11) is 0. The molecule has 0 aliphatic rings. The lowest BCUT2D eigenvalue weighted by atomic mass is 9.90. The molecule has 0 aliphatic heterocycles. The van der Waals surface area contributed by atoms with Gasteiger partial charge in [0.05, 0.1) is 0 Å². The van der Waals surface area contributed by atoms with Crippen LogP contribution in [0.5, 0.6) is 0 Å². The van der Waals surface area contributed by atoms with Crippen molar-refractivity contribution in [2.24, 2.45) is 5.41 Å². The molecule has 0 aromatic heterocycles. The third-order valence-electron chi connectivity index (χ3n) is 2.88. The van der Waals surface area contributed by atoms with Gasteiger partial charge in [0, 0.05) is 18.1 Å². The van der Waals surface area contributed by atoms with Crippen molar-refractivity contribution in [3.8, 4) is 0 Å². The van der Waals surface area contributed by atoms with Crippen molar-refractivity contribution < 1.29 is 4.39 Å². The molecule has 0 amide bonds. The highest BCUT2D eigenvalue weighted by molar-refractivity contribution is 6.31. The van der Waals surface area contributed by atoms with Gasteiger partial charge in [0.25, 0.3) is 0 Å². The maximum atomic E-state index is 13.0. The number of nitrogens with one attached hydrogen (secondary N) is 1. The lowest BCUT2D eigenvalue weighted by molar-refractivity contribution is 0.327. The van der Waals surface area contributed by atoms with Gasteiger partial charge in [-0.3, -0.25) is 0 Å². The SMILES string of the molecule is CCC(C)(C)CNCc1cc(F)ccc1Cl. The zero-order chi connectivity index (χ0) is 12.2. The van der Waals surface area contributed by atoms with Crippen LogP contribution in [-0.4, -0.2) is 6.54 Å². The van der Waals surface area contributed by atoms with Gasteiger partial charge in [-0.1, -0.05) is 32.4 Å². The summed E-state index contributed by atoms with van der Waals surface area (Å²) in [4.78, 5) is 0. The zero-order valence-electron chi connectivity index (χ0n) is 10.1. The fourth-order valence-electron chi connectivity index (χ4n) is 1.34. The van der Waals surface area contributed by atoms with E-state index in [9.17, 15) is 4.39 Å². The van der Waals surface area contributed by atoms with Crippen LogP contribution in [0.1, 0.15) is 32.8 Å². The van der Waals surface area contributed by atoms with Gasteiger partial charge in [-0.05, 0) is 35.6 Å². The van der Waals surface area contributed by atoms with E-state index in [0.717, 1.165) is 18.5 Å². The van der Waals surface area contributed by atoms with Crippen LogP contribution < -0.4 is 5.32 Å². The summed E-state index contributed by atoms with van der Waals surface area (Å²) < 4.78 is 13.0. The van der Waals surface area contributed by atoms with Gasteiger partial charge in [-0.25, -0.2) is 4.39 Å². The van der Waals surface area contributed by atoms with E-state index in [4.69, 9.17) is 11.6 Å². The molecule has 0 heterocycles. The van der Waals surface area contributed by atoms with Crippen molar-refractivity contribution >= 4 is 11.6 Å². The molecule has 90 valence electrons. The van der Waals surface area contributed by atoms with E-state index in [1.807, 2.05) is 0 Å². The first-order valence-electron chi connectivity index (χ1n) is 5.59. The minimum atomic E-state index is -0.240. The van der Waals surface area contributed by atoms with Gasteiger partial charge in [0.15, 0.2) is 0 Å². The Kier molecular flexibility index (Phi) is 4.75. The van der Waals surface area contributed by atoms with Crippen LogP contribution >= 0.6 is 11.6 Å². The summed E-state index contributed by atoms with van der Waals surface area (Å²) in [6.45, 7) is 8.08. The normalized spacial score (nSPS) is 11.8. The number of hydrogen-bond acceptors (Lipinski definition) is 1. The average molecular weight is 244 g/mol. The Labute approximate surface area is 102 Å². The highest BCUT2D eigenvalue weighted by atomic mass is 35.5. The quantitative estimate of drug-likeness (QED) is 0.824. The lowest BCUT2D eigenvalue weighted by Gasteiger charge is -2.23. The summed E-state index contributed by atoms with van der Waals surface area (Å²) in [5.74, 6) is -0.240. The Morgan fingerprint density at radius 2 is 2.06 bits per heavy atom. The molecule has 0 fully saturated rings. The summed E-state index contributed by atoms with van der Waals surface area (Å²) in [6.07, 6.45) is 1.11. The monoisotopic (exact) mass is 243 g/mol. The predicted octanol–water partition coefficient (Wildman–Crippen LogP) is 4.00. The van der Waals surface area contributed by atoms with E-state index in [2.05, 4.69) is 26.1 Å². The molecule has 0 aliphatic carbocycles. The van der Waals surface area contributed by atoms with Crippen molar-refractivity contribution in [2.75, 3.05) is 6.54 Å². The van der Waals surface area contributed by atoms with Crippen molar-refractivity contribution in [1.29, 1.82) is 0 Å². The molecule has 3 heteroatoms. The number of benzene rings is 1. The van der Waals surface area contributed by atoms with Crippen LogP contribution in [0, 0.1) is 11.2 Å². The first-order valence-corrected chi connectivity index (χ1v) is 5.97. The van der Waals surface area contributed by atoms with Gasteiger partial charge in [0.2, 0.25) is 0 Å². The van der Waals surface area contributed by atoms with E-state index in [0.29, 0.717) is 11.6 Å². The topological polar surface area (TPSA) is 12.0 Å². The maximum Gasteiger partial charge on any atom is 0.123 e. The standard InChI is InChI=1S/C13H19ClFN/c1-4-13(2,3)9-16-8-10-7-11(15)5-6-12(10)14/h5-7,16H,4,8-9H2,1-3H3. The van der Waals surface area contributed by atoms with E-state index in [-0.39, 0.29) is 11.2 Å². The fourth-order valence-corrected chi connectivity index (χ4v) is 1.52. The molecule has 0 unspecified atom stereocenters. The van der Waals surface area contributed by atoms with Gasteiger partial charge in [-0.15, -0.1) is 0 Å². The second-order valence-electron chi connectivity index (χ2n) is 4.86. The van der Waals surface area contributed by atoms with E-state index < -0.39 is 0 Å². The van der Waals surface area contributed by atoms with Gasteiger partial charge in [-0.2, -0.15) is 0 Å². The molecular formula is C13H19ClFN. The number of hydrogen-bond donors (Lipinski definition) is 1. The second-order valence-corrected chi connectivity index (χ2v) is 5.26. The molecule has 1 aromatic rings. The molecule has 1 rings (SSSR count). The third-order valence-corrected chi connectivity index (χ3v) is 3.25. The smallest absolute Gasteiger partial charge is 0.123 e. The molecule has 0 atom stereocenters. The largest absolute Gasteiger partial charge is 0.312 e. The zero-order valence-corrected chi connectivity index (χ0v) is 10.9. The number of halogens is 2. The first-order chi connectivity index (χ1) is 7.44. The fraction of sp³-hybridized carbons (Fsp3) is 0.538. The van der Waals surface area contributed by atoms with Crippen LogP contribution in [0.25, 0.3) is 0 Å². The molecule has 0 saturated heterocycles. The molecule has 0 saturated carbocycles. The maximum absolute atomic E-state index is 13.0. The molecule has 1 aromatic carbocycles. The van der Waals surface area contributed by atoms with Gasteiger partial charge >= 0.3 is 0 Å². The molecule has 16 heavy (non-hydrogen) atoms. The minimum Gasteiger partial charge on any atom is -0.312 e. The van der Waals surface area contributed by atoms with Gasteiger partial charge < -0.3 is 5.32 Å². The first kappa shape index (κ1) is 13.5. The van der Waals surface area contributed by atoms with Crippen LogP contribution in [-0.2, 0) is 6.54 Å². The Hall–Kier alpha value is -0.600. The molecule has 1 N–H and O–H groups in total. The Morgan fingerprint density at radius 3 is 2.69 bits per heavy atom. The highest BCUT2D eigenvalue weighted by Crippen LogP contribution is 2.20. The summed E-state index contributed by atoms with van der Waals surface area (Å²) in [5, 5.41) is 3.92. The molecule has 0 radical (unpaired) electrons. The molecule has 0 spiro atoms. The average Bonchev–Trinajstić information content (AvgIpc) is 2.23. The van der Waals surface area contributed by atoms with Crippen molar-refractivity contribution in [3.63, 3.8) is 0 Å². The third kappa shape index (κ3) is 4.11. The van der Waals surface area contributed by atoms with Crippen molar-refractivity contribution in [2.45, 2.75) is 33.7 Å². The van der Waals surface area contributed by atoms with Crippen molar-refractivity contribution in [1.82, 2.24) is 5.32 Å². The number of rotatable bonds is 5. The van der Waals surface area contributed by atoms with Crippen LogP contribution in [0.4, 0.5) is 4.39 Å². The van der Waals surface area contributed by atoms with E-state index >= 15 is 0 Å². The van der Waals surface area contributed by atoms with Crippen LogP contribution in [0.2, 0.25) is 5.02 Å². The van der Waals surface area contributed by atoms with E-state index in [1.165, 1.54) is 12.1 Å². The second kappa shape index (κ2) is 5.65. The summed E-state index contributed by atoms with van der Waals surface area (Å²) in [6, 6.07) is 4.45. The summed E-state index contributed by atoms with van der Waals surface area (Å²) in [5.41, 5.74) is 1.08. The van der Waals surface area contributed by atoms with Crippen molar-refractivity contribution in [3.05, 3.63) is 34.6 Å². The van der Waals surface area contributed by atoms with Crippen LogP contribution in [0.3, 0.4) is 0 Å². The van der Waals surface area contributed by atoms with Crippen LogP contribution in [0.15, 0.2) is 18.2 Å². The van der Waals surface area contributed by atoms with Gasteiger partial charge in [0.1, 0.15) is 5.82 Å². The molecule has 0 bridgehead atoms. The Balaban J connectivity index is 2.52. The predicted molar refractivity (Wildman–Crippen MR) is 67.2 cm³/mol.